The van der Waals surface area contributed by atoms with Gasteiger partial charge in [0.25, 0.3) is 5.69 Å². The number of nitrogens with one attached hydrogen (secondary N) is 1. The van der Waals surface area contributed by atoms with E-state index in [2.05, 4.69) is 17.2 Å². The lowest BCUT2D eigenvalue weighted by atomic mass is 10.1. The number of nitrogens with zero attached hydrogens (tertiary/aromatic N) is 2. The van der Waals surface area contributed by atoms with E-state index < -0.39 is 0 Å². The molecule has 1 saturated heterocycles. The largest absolute Gasteiger partial charge is 0.369 e. The first-order valence-corrected chi connectivity index (χ1v) is 6.64. The average Bonchev–Trinajstić information content (AvgIpc) is 2.62. The Balaban J connectivity index is 2.36. The molecule has 3 N–H and O–H groups in total. The lowest BCUT2D eigenvalue weighted by Crippen LogP contribution is -2.32. The van der Waals surface area contributed by atoms with Crippen LogP contribution in [-0.4, -0.2) is 17.5 Å². The highest BCUT2D eigenvalue weighted by Gasteiger charge is 2.20. The van der Waals surface area contributed by atoms with Crippen LogP contribution in [0.25, 0.3) is 0 Å². The molecule has 1 heterocycles. The molecule has 1 aliphatic rings. The van der Waals surface area contributed by atoms with Gasteiger partial charge in [0, 0.05) is 30.4 Å². The van der Waals surface area contributed by atoms with Gasteiger partial charge >= 0.3 is 0 Å². The predicted octanol–water partition coefficient (Wildman–Crippen LogP) is 2.65. The number of nitro benzene ring substituents is 1. The van der Waals surface area contributed by atoms with Crippen molar-refractivity contribution in [3.05, 3.63) is 28.3 Å². The van der Waals surface area contributed by atoms with E-state index in [9.17, 15) is 10.1 Å². The van der Waals surface area contributed by atoms with Gasteiger partial charge in [-0.2, -0.15) is 0 Å². The normalized spacial score (nSPS) is 19.9. The summed E-state index contributed by atoms with van der Waals surface area (Å²) in [4.78, 5) is 12.8. The molecule has 1 atom stereocenters. The zero-order chi connectivity index (χ0) is 13.8. The molecule has 0 bridgehead atoms. The second-order valence-corrected chi connectivity index (χ2v) is 5.03. The number of nitrogens with two attached hydrogens (primary N) is 1. The van der Waals surface area contributed by atoms with Gasteiger partial charge in [0.05, 0.1) is 10.6 Å². The summed E-state index contributed by atoms with van der Waals surface area (Å²) in [5.74, 6) is 5.39. The molecule has 0 aliphatic carbocycles. The molecular weight excluding hydrogens is 244 g/mol. The molecule has 19 heavy (non-hydrogen) atoms. The molecule has 1 unspecified atom stereocenters. The first-order valence-electron chi connectivity index (χ1n) is 6.64. The van der Waals surface area contributed by atoms with Gasteiger partial charge in [-0.25, -0.2) is 0 Å². The van der Waals surface area contributed by atoms with Crippen LogP contribution in [0, 0.1) is 10.1 Å². The fraction of sp³-hybridized carbons (Fsp3) is 0.538. The lowest BCUT2D eigenvalue weighted by molar-refractivity contribution is -0.384. The number of nitro groups is 1. The van der Waals surface area contributed by atoms with Crippen molar-refractivity contribution >= 4 is 17.1 Å². The van der Waals surface area contributed by atoms with Crippen molar-refractivity contribution in [2.75, 3.05) is 16.9 Å². The van der Waals surface area contributed by atoms with Gasteiger partial charge in [-0.05, 0) is 25.8 Å². The van der Waals surface area contributed by atoms with Crippen molar-refractivity contribution in [3.8, 4) is 0 Å². The van der Waals surface area contributed by atoms with E-state index >= 15 is 0 Å². The summed E-state index contributed by atoms with van der Waals surface area (Å²) in [5.41, 5.74) is 4.01. The van der Waals surface area contributed by atoms with E-state index in [1.165, 1.54) is 18.9 Å². The van der Waals surface area contributed by atoms with Gasteiger partial charge in [-0.1, -0.05) is 12.8 Å². The highest BCUT2D eigenvalue weighted by atomic mass is 16.6. The molecule has 0 spiro atoms. The van der Waals surface area contributed by atoms with E-state index in [1.807, 2.05) is 6.07 Å². The van der Waals surface area contributed by atoms with Crippen molar-refractivity contribution in [2.24, 2.45) is 5.84 Å². The maximum atomic E-state index is 11.0. The Labute approximate surface area is 112 Å². The van der Waals surface area contributed by atoms with Crippen LogP contribution in [0.4, 0.5) is 17.1 Å². The third-order valence-electron chi connectivity index (χ3n) is 3.66. The van der Waals surface area contributed by atoms with Crippen LogP contribution in [0.2, 0.25) is 0 Å². The monoisotopic (exact) mass is 264 g/mol. The molecule has 2 rings (SSSR count). The lowest BCUT2D eigenvalue weighted by Gasteiger charge is -2.29. The molecule has 0 amide bonds. The fourth-order valence-electron chi connectivity index (χ4n) is 2.61. The van der Waals surface area contributed by atoms with Crippen molar-refractivity contribution < 1.29 is 4.92 Å². The Morgan fingerprint density at radius 2 is 2.16 bits per heavy atom. The van der Waals surface area contributed by atoms with Gasteiger partial charge in [0.2, 0.25) is 0 Å². The standard InChI is InChI=1S/C13H20N4O2/c1-10-5-3-2-4-6-16(10)12-7-11(15-14)8-13(9-12)17(18)19/h7-10,15H,2-6,14H2,1H3. The average molecular weight is 264 g/mol. The van der Waals surface area contributed by atoms with Crippen LogP contribution >= 0.6 is 0 Å². The van der Waals surface area contributed by atoms with Crippen LogP contribution in [0.3, 0.4) is 0 Å². The molecular formula is C13H20N4O2. The minimum Gasteiger partial charge on any atom is -0.369 e. The molecule has 1 fully saturated rings. The molecule has 0 aromatic heterocycles. The van der Waals surface area contributed by atoms with Crippen LogP contribution in [-0.2, 0) is 0 Å². The second-order valence-electron chi connectivity index (χ2n) is 5.03. The van der Waals surface area contributed by atoms with E-state index in [0.717, 1.165) is 25.1 Å². The zero-order valence-corrected chi connectivity index (χ0v) is 11.1. The summed E-state index contributed by atoms with van der Waals surface area (Å²) in [7, 11) is 0. The SMILES string of the molecule is CC1CCCCCN1c1cc(NN)cc([N+](=O)[O-])c1. The first-order chi connectivity index (χ1) is 9.11. The van der Waals surface area contributed by atoms with E-state index in [4.69, 9.17) is 5.84 Å². The molecule has 1 aromatic carbocycles. The van der Waals surface area contributed by atoms with Gasteiger partial charge < -0.3 is 10.3 Å². The minimum atomic E-state index is -0.382. The summed E-state index contributed by atoms with van der Waals surface area (Å²) in [6, 6.07) is 5.35. The Kier molecular flexibility index (Phi) is 4.21. The Morgan fingerprint density at radius 3 is 2.84 bits per heavy atom. The van der Waals surface area contributed by atoms with E-state index in [0.29, 0.717) is 11.7 Å². The smallest absolute Gasteiger partial charge is 0.273 e. The summed E-state index contributed by atoms with van der Waals surface area (Å²) in [6.45, 7) is 3.10. The number of benzene rings is 1. The summed E-state index contributed by atoms with van der Waals surface area (Å²) >= 11 is 0. The van der Waals surface area contributed by atoms with Crippen molar-refractivity contribution in [1.29, 1.82) is 0 Å². The summed E-state index contributed by atoms with van der Waals surface area (Å²) in [5, 5.41) is 11.0. The topological polar surface area (TPSA) is 84.4 Å². The number of anilines is 2. The fourth-order valence-corrected chi connectivity index (χ4v) is 2.61. The third kappa shape index (κ3) is 3.14. The maximum absolute atomic E-state index is 11.0. The number of non-ortho nitro benzene ring substituents is 1. The number of rotatable bonds is 3. The highest BCUT2D eigenvalue weighted by Crippen LogP contribution is 2.30. The Morgan fingerprint density at radius 1 is 1.37 bits per heavy atom. The Bertz CT molecular complexity index is 464. The van der Waals surface area contributed by atoms with Crippen LogP contribution in [0.1, 0.15) is 32.6 Å². The summed E-state index contributed by atoms with van der Waals surface area (Å²) < 4.78 is 0. The van der Waals surface area contributed by atoms with Crippen molar-refractivity contribution in [1.82, 2.24) is 0 Å². The van der Waals surface area contributed by atoms with Crippen LogP contribution < -0.4 is 16.2 Å². The highest BCUT2D eigenvalue weighted by molar-refractivity contribution is 5.64. The number of hydrogen-bond acceptors (Lipinski definition) is 5. The van der Waals surface area contributed by atoms with Gasteiger partial charge in [0.1, 0.15) is 0 Å². The van der Waals surface area contributed by atoms with Gasteiger partial charge in [-0.15, -0.1) is 0 Å². The first kappa shape index (κ1) is 13.6. The number of hydrogen-bond donors (Lipinski definition) is 2. The number of nitrogen functional groups attached to an aromatic ring is 1. The second kappa shape index (κ2) is 5.88. The van der Waals surface area contributed by atoms with Crippen LogP contribution in [0.5, 0.6) is 0 Å². The van der Waals surface area contributed by atoms with Crippen LogP contribution in [0.15, 0.2) is 18.2 Å². The minimum absolute atomic E-state index is 0.0712. The predicted molar refractivity (Wildman–Crippen MR) is 76.2 cm³/mol. The molecule has 0 saturated carbocycles. The maximum Gasteiger partial charge on any atom is 0.273 e. The molecule has 6 heteroatoms. The Hall–Kier alpha value is -1.82. The molecule has 1 aliphatic heterocycles. The molecule has 104 valence electrons. The summed E-state index contributed by atoms with van der Waals surface area (Å²) in [6.07, 6.45) is 4.68. The van der Waals surface area contributed by atoms with E-state index in [1.54, 1.807) is 6.07 Å². The quantitative estimate of drug-likeness (QED) is 0.498. The molecule has 1 aromatic rings. The number of hydrazine groups is 1. The van der Waals surface area contributed by atoms with Gasteiger partial charge in [-0.3, -0.25) is 16.0 Å². The van der Waals surface area contributed by atoms with Crippen molar-refractivity contribution in [3.63, 3.8) is 0 Å². The van der Waals surface area contributed by atoms with Crippen molar-refractivity contribution in [2.45, 2.75) is 38.6 Å². The van der Waals surface area contributed by atoms with Gasteiger partial charge in [0.15, 0.2) is 0 Å². The molecule has 6 nitrogen and oxygen atoms in total. The zero-order valence-electron chi connectivity index (χ0n) is 11.1. The molecule has 0 radical (unpaired) electrons. The third-order valence-corrected chi connectivity index (χ3v) is 3.66. The van der Waals surface area contributed by atoms with E-state index in [-0.39, 0.29) is 10.6 Å².